The normalized spacial score (nSPS) is 9.86. The average Bonchev–Trinajstić information content (AvgIpc) is 2.77. The summed E-state index contributed by atoms with van der Waals surface area (Å²) in [5.41, 5.74) is 9.39. The molecule has 0 radical (unpaired) electrons. The Morgan fingerprint density at radius 1 is 1.14 bits per heavy atom. The topological polar surface area (TPSA) is 114 Å². The van der Waals surface area contributed by atoms with Crippen LogP contribution >= 0.6 is 0 Å². The Kier molecular flexibility index (Phi) is 6.78. The zero-order valence-corrected chi connectivity index (χ0v) is 12.8. The average molecular weight is 305 g/mol. The molecule has 1 aromatic carbocycles. The molecule has 0 aliphatic heterocycles. The Morgan fingerprint density at radius 2 is 1.64 bits per heavy atom. The quantitative estimate of drug-likeness (QED) is 0.217. The van der Waals surface area contributed by atoms with Crippen molar-refractivity contribution in [3.05, 3.63) is 35.0 Å². The molecule has 6 N–H and O–H groups in total. The molecule has 0 atom stereocenters. The molecule has 0 spiro atoms. The lowest BCUT2D eigenvalue weighted by molar-refractivity contribution is 0.0376. The van der Waals surface area contributed by atoms with E-state index in [0.717, 1.165) is 21.5 Å². The van der Waals surface area contributed by atoms with E-state index < -0.39 is 0 Å². The summed E-state index contributed by atoms with van der Waals surface area (Å²) in [4.78, 5) is 5.62. The molecule has 2 rings (SSSR count). The van der Waals surface area contributed by atoms with Crippen LogP contribution in [0.2, 0.25) is 0 Å². The molecule has 0 saturated carbocycles. The van der Waals surface area contributed by atoms with Crippen LogP contribution in [0.5, 0.6) is 0 Å². The van der Waals surface area contributed by atoms with Crippen LogP contribution in [0.25, 0.3) is 23.9 Å². The van der Waals surface area contributed by atoms with Gasteiger partial charge in [0, 0.05) is 17.4 Å². The summed E-state index contributed by atoms with van der Waals surface area (Å²) in [6, 6.07) is 8.02. The van der Waals surface area contributed by atoms with E-state index in [1.54, 1.807) is 4.73 Å². The van der Waals surface area contributed by atoms with Crippen LogP contribution in [0.1, 0.15) is 6.92 Å². The Labute approximate surface area is 129 Å². The number of guanidine groups is 1. The van der Waals surface area contributed by atoms with E-state index in [4.69, 9.17) is 21.0 Å². The van der Waals surface area contributed by atoms with Crippen molar-refractivity contribution < 1.29 is 9.57 Å². The molecule has 0 saturated heterocycles. The first kappa shape index (κ1) is 17.4. The van der Waals surface area contributed by atoms with E-state index in [-0.39, 0.29) is 5.96 Å². The van der Waals surface area contributed by atoms with Crippen LogP contribution in [0.15, 0.2) is 29.4 Å². The smallest absolute Gasteiger partial charge is 0.208 e. The predicted octanol–water partition coefficient (Wildman–Crippen LogP) is -0.939. The van der Waals surface area contributed by atoms with E-state index in [0.29, 0.717) is 19.8 Å². The minimum absolute atomic E-state index is 0.0926. The Morgan fingerprint density at radius 3 is 2.05 bits per heavy atom. The zero-order valence-electron chi connectivity index (χ0n) is 12.8. The van der Waals surface area contributed by atoms with Gasteiger partial charge in [0.05, 0.1) is 17.3 Å². The monoisotopic (exact) mass is 305 g/mol. The summed E-state index contributed by atoms with van der Waals surface area (Å²) in [7, 11) is 0. The molecule has 120 valence electrons. The maximum Gasteiger partial charge on any atom is 0.208 e. The van der Waals surface area contributed by atoms with Crippen molar-refractivity contribution in [2.24, 2.45) is 22.4 Å². The van der Waals surface area contributed by atoms with Crippen LogP contribution in [0.3, 0.4) is 0 Å². The number of fused-ring (bicyclic) bond motifs is 1. The summed E-state index contributed by atoms with van der Waals surface area (Å²) >= 11 is 0. The molecule has 7 heteroatoms. The first-order valence-electron chi connectivity index (χ1n) is 6.80. The van der Waals surface area contributed by atoms with Crippen molar-refractivity contribution in [3.8, 4) is 0 Å². The number of hydrogen-bond donors (Lipinski definition) is 3. The molecule has 0 amide bonds. The minimum atomic E-state index is -0.0926. The van der Waals surface area contributed by atoms with E-state index >= 15 is 0 Å². The molecule has 22 heavy (non-hydrogen) atoms. The van der Waals surface area contributed by atoms with Crippen LogP contribution < -0.4 is 32.8 Å². The van der Waals surface area contributed by atoms with E-state index in [2.05, 4.69) is 24.1 Å². The standard InChI is InChI=1S/C14H17NO2.CH6N4/c1-4-16-9-10-17-15-11(2)13-7-5-6-8-14(13)12(15)3;2-1(3)5-4/h5-8H,2-4,9-10H2,1H3;4H2,(H4,2,3,5). The number of rotatable bonds is 5. The highest BCUT2D eigenvalue weighted by Crippen LogP contribution is 2.03. The van der Waals surface area contributed by atoms with Gasteiger partial charge in [-0.3, -0.25) is 0 Å². The summed E-state index contributed by atoms with van der Waals surface area (Å²) in [6.07, 6.45) is 0. The van der Waals surface area contributed by atoms with Gasteiger partial charge in [-0.15, -0.1) is 5.10 Å². The molecule has 0 bridgehead atoms. The second kappa shape index (κ2) is 8.58. The number of nitrogens with zero attached hydrogens (tertiary/aromatic N) is 2. The molecule has 1 aromatic heterocycles. The van der Waals surface area contributed by atoms with Crippen molar-refractivity contribution in [1.82, 2.24) is 4.73 Å². The van der Waals surface area contributed by atoms with E-state index in [1.807, 2.05) is 31.2 Å². The molecule has 0 aliphatic carbocycles. The summed E-state index contributed by atoms with van der Waals surface area (Å²) in [5.74, 6) is 4.42. The molecule has 7 nitrogen and oxygen atoms in total. The summed E-state index contributed by atoms with van der Waals surface area (Å²) in [5, 5.41) is 6.69. The number of hydrazone groups is 1. The maximum absolute atomic E-state index is 5.62. The van der Waals surface area contributed by atoms with Gasteiger partial charge >= 0.3 is 0 Å². The first-order chi connectivity index (χ1) is 10.5. The van der Waals surface area contributed by atoms with Crippen LogP contribution in [0, 0.1) is 0 Å². The van der Waals surface area contributed by atoms with Gasteiger partial charge in [-0.25, -0.2) is 0 Å². The van der Waals surface area contributed by atoms with Gasteiger partial charge in [0.1, 0.15) is 6.61 Å². The fraction of sp³-hybridized carbons (Fsp3) is 0.267. The fourth-order valence-corrected chi connectivity index (χ4v) is 1.86. The van der Waals surface area contributed by atoms with Gasteiger partial charge in [-0.1, -0.05) is 37.4 Å². The lowest BCUT2D eigenvalue weighted by atomic mass is 10.2. The second-order valence-corrected chi connectivity index (χ2v) is 4.32. The molecule has 1 heterocycles. The predicted molar refractivity (Wildman–Crippen MR) is 90.2 cm³/mol. The molecule has 0 fully saturated rings. The third-order valence-electron chi connectivity index (χ3n) is 2.84. The number of aromatic nitrogens is 1. The Balaban J connectivity index is 0.000000422. The molecule has 0 unspecified atom stereocenters. The SMILES string of the molecule is C=c1c2ccccc2c(=C)n1OCCOCC.NN=C(N)N. The van der Waals surface area contributed by atoms with Gasteiger partial charge in [-0.05, 0) is 6.92 Å². The van der Waals surface area contributed by atoms with Crippen LogP contribution in [-0.2, 0) is 4.74 Å². The van der Waals surface area contributed by atoms with E-state index in [1.165, 1.54) is 0 Å². The number of ether oxygens (including phenoxy) is 1. The van der Waals surface area contributed by atoms with Crippen molar-refractivity contribution >= 4 is 29.9 Å². The third-order valence-corrected chi connectivity index (χ3v) is 2.84. The third kappa shape index (κ3) is 4.42. The highest BCUT2D eigenvalue weighted by Gasteiger charge is 2.04. The fourth-order valence-electron chi connectivity index (χ4n) is 1.86. The molecular formula is C15H23N5O2. The van der Waals surface area contributed by atoms with E-state index in [9.17, 15) is 0 Å². The zero-order chi connectivity index (χ0) is 16.5. The summed E-state index contributed by atoms with van der Waals surface area (Å²) < 4.78 is 6.91. The van der Waals surface area contributed by atoms with Gasteiger partial charge in [0.15, 0.2) is 0 Å². The molecular weight excluding hydrogens is 282 g/mol. The van der Waals surface area contributed by atoms with Gasteiger partial charge in [0.25, 0.3) is 0 Å². The Bertz CT molecular complexity index is 672. The minimum Gasteiger partial charge on any atom is -0.411 e. The van der Waals surface area contributed by atoms with Crippen molar-refractivity contribution in [2.75, 3.05) is 19.8 Å². The molecule has 2 aromatic rings. The second-order valence-electron chi connectivity index (χ2n) is 4.32. The first-order valence-corrected chi connectivity index (χ1v) is 6.80. The van der Waals surface area contributed by atoms with Crippen LogP contribution in [-0.4, -0.2) is 30.5 Å². The van der Waals surface area contributed by atoms with Crippen molar-refractivity contribution in [1.29, 1.82) is 0 Å². The number of nitrogens with two attached hydrogens (primary N) is 3. The summed E-state index contributed by atoms with van der Waals surface area (Å²) in [6.45, 7) is 11.8. The number of hydrogen-bond acceptors (Lipinski definition) is 4. The Hall–Kier alpha value is -2.67. The van der Waals surface area contributed by atoms with Gasteiger partial charge in [-0.2, -0.15) is 4.73 Å². The van der Waals surface area contributed by atoms with Gasteiger partial charge < -0.3 is 26.9 Å². The van der Waals surface area contributed by atoms with Crippen molar-refractivity contribution in [2.45, 2.75) is 6.92 Å². The van der Waals surface area contributed by atoms with Gasteiger partial charge in [0.2, 0.25) is 5.96 Å². The van der Waals surface area contributed by atoms with Crippen molar-refractivity contribution in [3.63, 3.8) is 0 Å². The maximum atomic E-state index is 5.62. The number of benzene rings is 1. The lowest BCUT2D eigenvalue weighted by Crippen LogP contribution is -2.33. The molecule has 0 aliphatic rings. The van der Waals surface area contributed by atoms with Crippen LogP contribution in [0.4, 0.5) is 0 Å². The highest BCUT2D eigenvalue weighted by molar-refractivity contribution is 5.83. The highest BCUT2D eigenvalue weighted by atomic mass is 16.7. The lowest BCUT2D eigenvalue weighted by Gasteiger charge is -2.07. The largest absolute Gasteiger partial charge is 0.411 e.